The molecule has 2 heteroatoms. The van der Waals surface area contributed by atoms with Crippen LogP contribution in [-0.4, -0.2) is 0 Å². The van der Waals surface area contributed by atoms with Crippen molar-refractivity contribution in [3.8, 4) is 0 Å². The normalized spacial score (nSPS) is 12.4. The van der Waals surface area contributed by atoms with Crippen LogP contribution in [0.5, 0.6) is 0 Å². The van der Waals surface area contributed by atoms with E-state index in [1.165, 1.54) is 27.8 Å². The van der Waals surface area contributed by atoms with Gasteiger partial charge in [0.05, 0.1) is 6.04 Å². The molecule has 0 saturated heterocycles. The molecule has 0 spiro atoms. The van der Waals surface area contributed by atoms with Gasteiger partial charge in [-0.1, -0.05) is 29.3 Å². The van der Waals surface area contributed by atoms with Crippen molar-refractivity contribution in [2.24, 2.45) is 5.84 Å². The van der Waals surface area contributed by atoms with Crippen LogP contribution in [0.2, 0.25) is 0 Å². The van der Waals surface area contributed by atoms with Gasteiger partial charge in [0, 0.05) is 0 Å². The molecular weight excluding hydrogens is 196 g/mol. The Bertz CT molecular complexity index is 378. The minimum Gasteiger partial charge on any atom is -0.271 e. The molecule has 0 fully saturated rings. The summed E-state index contributed by atoms with van der Waals surface area (Å²) < 4.78 is 0. The van der Waals surface area contributed by atoms with E-state index >= 15 is 0 Å². The topological polar surface area (TPSA) is 38.0 Å². The molecule has 0 radical (unpaired) electrons. The largest absolute Gasteiger partial charge is 0.271 e. The highest BCUT2D eigenvalue weighted by Crippen LogP contribution is 2.24. The molecule has 1 atom stereocenters. The SMILES string of the molecule is CC(C)=CC(NN)c1c(C)cc(C)cc1C. The lowest BCUT2D eigenvalue weighted by atomic mass is 9.93. The summed E-state index contributed by atoms with van der Waals surface area (Å²) in [5.74, 6) is 5.63. The average molecular weight is 218 g/mol. The van der Waals surface area contributed by atoms with Crippen LogP contribution in [0.15, 0.2) is 23.8 Å². The molecule has 1 aromatic rings. The van der Waals surface area contributed by atoms with Gasteiger partial charge in [-0.2, -0.15) is 0 Å². The van der Waals surface area contributed by atoms with Crippen LogP contribution in [0.3, 0.4) is 0 Å². The van der Waals surface area contributed by atoms with Crippen molar-refractivity contribution >= 4 is 0 Å². The zero-order valence-electron chi connectivity index (χ0n) is 10.9. The molecule has 1 aromatic carbocycles. The first-order valence-electron chi connectivity index (χ1n) is 5.64. The van der Waals surface area contributed by atoms with Crippen LogP contribution in [-0.2, 0) is 0 Å². The summed E-state index contributed by atoms with van der Waals surface area (Å²) in [5.41, 5.74) is 9.30. The van der Waals surface area contributed by atoms with E-state index in [9.17, 15) is 0 Å². The third-order valence-corrected chi connectivity index (χ3v) is 2.73. The predicted octanol–water partition coefficient (Wildman–Crippen LogP) is 3.08. The second-order valence-corrected chi connectivity index (χ2v) is 4.70. The molecule has 88 valence electrons. The molecule has 2 nitrogen and oxygen atoms in total. The van der Waals surface area contributed by atoms with Gasteiger partial charge in [-0.25, -0.2) is 5.43 Å². The summed E-state index contributed by atoms with van der Waals surface area (Å²) in [6.45, 7) is 10.6. The number of nitrogens with two attached hydrogens (primary N) is 1. The molecule has 0 bridgehead atoms. The van der Waals surface area contributed by atoms with Gasteiger partial charge in [0.25, 0.3) is 0 Å². The van der Waals surface area contributed by atoms with E-state index in [1.54, 1.807) is 0 Å². The summed E-state index contributed by atoms with van der Waals surface area (Å²) in [6, 6.07) is 4.50. The van der Waals surface area contributed by atoms with Crippen molar-refractivity contribution < 1.29 is 0 Å². The lowest BCUT2D eigenvalue weighted by molar-refractivity contribution is 0.645. The Balaban J connectivity index is 3.25. The molecule has 0 amide bonds. The molecule has 0 aromatic heterocycles. The van der Waals surface area contributed by atoms with Gasteiger partial charge in [-0.3, -0.25) is 5.84 Å². The Kier molecular flexibility index (Phi) is 4.27. The van der Waals surface area contributed by atoms with E-state index in [2.05, 4.69) is 58.3 Å². The van der Waals surface area contributed by atoms with Crippen molar-refractivity contribution in [3.63, 3.8) is 0 Å². The molecule has 0 saturated carbocycles. The van der Waals surface area contributed by atoms with Gasteiger partial charge >= 0.3 is 0 Å². The first-order valence-corrected chi connectivity index (χ1v) is 5.64. The van der Waals surface area contributed by atoms with Crippen molar-refractivity contribution in [1.29, 1.82) is 0 Å². The summed E-state index contributed by atoms with van der Waals surface area (Å²) in [5, 5.41) is 0. The minimum atomic E-state index is 0.102. The van der Waals surface area contributed by atoms with E-state index in [-0.39, 0.29) is 6.04 Å². The number of benzene rings is 1. The van der Waals surface area contributed by atoms with Gasteiger partial charge < -0.3 is 0 Å². The van der Waals surface area contributed by atoms with Crippen molar-refractivity contribution in [2.75, 3.05) is 0 Å². The maximum Gasteiger partial charge on any atom is 0.0648 e. The number of hydrogen-bond donors (Lipinski definition) is 2. The summed E-state index contributed by atoms with van der Waals surface area (Å²) in [7, 11) is 0. The van der Waals surface area contributed by atoms with Crippen molar-refractivity contribution in [3.05, 3.63) is 46.0 Å². The number of allylic oxidation sites excluding steroid dienone is 1. The van der Waals surface area contributed by atoms with E-state index in [0.29, 0.717) is 0 Å². The van der Waals surface area contributed by atoms with Gasteiger partial charge in [0.2, 0.25) is 0 Å². The summed E-state index contributed by atoms with van der Waals surface area (Å²) >= 11 is 0. The second-order valence-electron chi connectivity index (χ2n) is 4.70. The van der Waals surface area contributed by atoms with Crippen LogP contribution < -0.4 is 11.3 Å². The van der Waals surface area contributed by atoms with Crippen LogP contribution >= 0.6 is 0 Å². The maximum absolute atomic E-state index is 5.63. The zero-order chi connectivity index (χ0) is 12.3. The highest BCUT2D eigenvalue weighted by molar-refractivity contribution is 5.41. The zero-order valence-corrected chi connectivity index (χ0v) is 10.9. The number of rotatable bonds is 3. The average Bonchev–Trinajstić information content (AvgIpc) is 2.13. The van der Waals surface area contributed by atoms with Gasteiger partial charge in [0.15, 0.2) is 0 Å². The first kappa shape index (κ1) is 12.9. The quantitative estimate of drug-likeness (QED) is 0.465. The van der Waals surface area contributed by atoms with Crippen molar-refractivity contribution in [1.82, 2.24) is 5.43 Å². The van der Waals surface area contributed by atoms with Gasteiger partial charge in [0.1, 0.15) is 0 Å². The molecule has 3 N–H and O–H groups in total. The van der Waals surface area contributed by atoms with Crippen LogP contribution in [0.4, 0.5) is 0 Å². The smallest absolute Gasteiger partial charge is 0.0648 e. The minimum absolute atomic E-state index is 0.102. The predicted molar refractivity (Wildman–Crippen MR) is 70.1 cm³/mol. The lowest BCUT2D eigenvalue weighted by Crippen LogP contribution is -2.28. The molecule has 0 aliphatic heterocycles. The van der Waals surface area contributed by atoms with Crippen LogP contribution in [0.1, 0.15) is 42.1 Å². The van der Waals surface area contributed by atoms with E-state index < -0.39 is 0 Å². The molecule has 0 aliphatic carbocycles. The van der Waals surface area contributed by atoms with Gasteiger partial charge in [-0.05, 0) is 51.3 Å². The summed E-state index contributed by atoms with van der Waals surface area (Å²) in [6.07, 6.45) is 2.16. The maximum atomic E-state index is 5.63. The third-order valence-electron chi connectivity index (χ3n) is 2.73. The summed E-state index contributed by atoms with van der Waals surface area (Å²) in [4.78, 5) is 0. The Morgan fingerprint density at radius 1 is 1.19 bits per heavy atom. The molecule has 0 heterocycles. The van der Waals surface area contributed by atoms with Crippen LogP contribution in [0.25, 0.3) is 0 Å². The fourth-order valence-corrected chi connectivity index (χ4v) is 2.23. The standard InChI is InChI=1S/C14H22N2/c1-9(2)6-13(16-15)14-11(4)7-10(3)8-12(14)5/h6-8,13,16H,15H2,1-5H3. The fraction of sp³-hybridized carbons (Fsp3) is 0.429. The number of hydrazine groups is 1. The Morgan fingerprint density at radius 3 is 2.06 bits per heavy atom. The Hall–Kier alpha value is -1.12. The molecule has 1 unspecified atom stereocenters. The van der Waals surface area contributed by atoms with Gasteiger partial charge in [-0.15, -0.1) is 0 Å². The first-order chi connectivity index (χ1) is 7.45. The second kappa shape index (κ2) is 5.28. The number of nitrogens with one attached hydrogen (secondary N) is 1. The third kappa shape index (κ3) is 2.94. The molecule has 16 heavy (non-hydrogen) atoms. The van der Waals surface area contributed by atoms with E-state index in [0.717, 1.165) is 0 Å². The van der Waals surface area contributed by atoms with E-state index in [1.807, 2.05) is 0 Å². The number of aryl methyl sites for hydroxylation is 3. The number of hydrogen-bond acceptors (Lipinski definition) is 2. The lowest BCUT2D eigenvalue weighted by Gasteiger charge is -2.19. The highest BCUT2D eigenvalue weighted by atomic mass is 15.2. The monoisotopic (exact) mass is 218 g/mol. The Labute approximate surface area is 98.5 Å². The Morgan fingerprint density at radius 2 is 1.69 bits per heavy atom. The molecule has 0 aliphatic rings. The molecule has 1 rings (SSSR count). The highest BCUT2D eigenvalue weighted by Gasteiger charge is 2.12. The fourth-order valence-electron chi connectivity index (χ4n) is 2.23. The van der Waals surface area contributed by atoms with E-state index in [4.69, 9.17) is 5.84 Å². The molecular formula is C14H22N2. The van der Waals surface area contributed by atoms with Crippen LogP contribution in [0, 0.1) is 20.8 Å². The van der Waals surface area contributed by atoms with Crippen molar-refractivity contribution in [2.45, 2.75) is 40.7 Å².